The zero-order chi connectivity index (χ0) is 10.4. The van der Waals surface area contributed by atoms with Gasteiger partial charge < -0.3 is 0 Å². The molecule has 1 aliphatic carbocycles. The van der Waals surface area contributed by atoms with Crippen molar-refractivity contribution in [3.63, 3.8) is 0 Å². The fourth-order valence-electron chi connectivity index (χ4n) is 2.38. The lowest BCUT2D eigenvalue weighted by Crippen LogP contribution is -2.46. The van der Waals surface area contributed by atoms with Crippen molar-refractivity contribution in [2.45, 2.75) is 64.5 Å². The van der Waals surface area contributed by atoms with E-state index >= 15 is 0 Å². The van der Waals surface area contributed by atoms with Crippen LogP contribution in [0.25, 0.3) is 0 Å². The van der Waals surface area contributed by atoms with Crippen LogP contribution in [0.15, 0.2) is 0 Å². The summed E-state index contributed by atoms with van der Waals surface area (Å²) in [5, 5.41) is 0. The van der Waals surface area contributed by atoms with Crippen LogP contribution in [-0.2, 0) is 0 Å². The molecule has 1 saturated carbocycles. The lowest BCUT2D eigenvalue weighted by atomic mass is 9.89. The van der Waals surface area contributed by atoms with E-state index in [0.717, 1.165) is 24.4 Å². The van der Waals surface area contributed by atoms with Gasteiger partial charge in [-0.25, -0.2) is 0 Å². The summed E-state index contributed by atoms with van der Waals surface area (Å²) >= 11 is 5.78. The largest absolute Gasteiger partial charge is 0.297 e. The van der Waals surface area contributed by atoms with Gasteiger partial charge in [0.05, 0.1) is 0 Å². The second kappa shape index (κ2) is 6.68. The van der Waals surface area contributed by atoms with Crippen molar-refractivity contribution in [2.75, 3.05) is 12.4 Å². The third-order valence-corrected chi connectivity index (χ3v) is 3.77. The second-order valence-corrected chi connectivity index (χ2v) is 4.71. The highest BCUT2D eigenvalue weighted by Crippen LogP contribution is 2.28. The standard InChI is InChI=1S/C12H24ClN/c1-3-11(4-2)14(10-6-9-13)12-7-5-8-12/h11-12H,3-10H2,1-2H3. The summed E-state index contributed by atoms with van der Waals surface area (Å²) in [6.45, 7) is 5.82. The van der Waals surface area contributed by atoms with Gasteiger partial charge in [0, 0.05) is 18.0 Å². The molecule has 0 amide bonds. The van der Waals surface area contributed by atoms with Crippen molar-refractivity contribution >= 4 is 11.6 Å². The van der Waals surface area contributed by atoms with E-state index in [-0.39, 0.29) is 0 Å². The number of hydrogen-bond acceptors (Lipinski definition) is 1. The van der Waals surface area contributed by atoms with E-state index in [0.29, 0.717) is 0 Å². The molecule has 0 bridgehead atoms. The first-order valence-electron chi connectivity index (χ1n) is 6.15. The zero-order valence-corrected chi connectivity index (χ0v) is 10.4. The van der Waals surface area contributed by atoms with E-state index in [1.54, 1.807) is 0 Å². The molecule has 14 heavy (non-hydrogen) atoms. The summed E-state index contributed by atoms with van der Waals surface area (Å²) in [5.41, 5.74) is 0. The Balaban J connectivity index is 2.41. The Labute approximate surface area is 93.8 Å². The van der Waals surface area contributed by atoms with Crippen LogP contribution in [0.4, 0.5) is 0 Å². The Morgan fingerprint density at radius 2 is 1.93 bits per heavy atom. The minimum absolute atomic E-state index is 0.795. The van der Waals surface area contributed by atoms with Gasteiger partial charge in [0.25, 0.3) is 0 Å². The van der Waals surface area contributed by atoms with Crippen molar-refractivity contribution in [1.82, 2.24) is 4.90 Å². The minimum atomic E-state index is 0.795. The highest BCUT2D eigenvalue weighted by atomic mass is 35.5. The Kier molecular flexibility index (Phi) is 5.88. The summed E-state index contributed by atoms with van der Waals surface area (Å²) < 4.78 is 0. The molecule has 1 nitrogen and oxygen atoms in total. The molecule has 0 aromatic rings. The van der Waals surface area contributed by atoms with Gasteiger partial charge in [-0.2, -0.15) is 0 Å². The maximum atomic E-state index is 5.78. The molecule has 0 heterocycles. The highest BCUT2D eigenvalue weighted by molar-refractivity contribution is 6.17. The molecule has 0 aromatic heterocycles. The average Bonchev–Trinajstić information content (AvgIpc) is 2.12. The first-order chi connectivity index (χ1) is 6.83. The van der Waals surface area contributed by atoms with Crippen LogP contribution in [-0.4, -0.2) is 29.4 Å². The number of alkyl halides is 1. The van der Waals surface area contributed by atoms with Gasteiger partial charge >= 0.3 is 0 Å². The topological polar surface area (TPSA) is 3.24 Å². The van der Waals surface area contributed by atoms with Crippen LogP contribution in [0.1, 0.15) is 52.4 Å². The molecule has 1 rings (SSSR count). The van der Waals surface area contributed by atoms with E-state index in [4.69, 9.17) is 11.6 Å². The van der Waals surface area contributed by atoms with Crippen molar-refractivity contribution in [3.05, 3.63) is 0 Å². The Morgan fingerprint density at radius 1 is 1.29 bits per heavy atom. The average molecular weight is 218 g/mol. The van der Waals surface area contributed by atoms with Crippen LogP contribution in [0.3, 0.4) is 0 Å². The van der Waals surface area contributed by atoms with Gasteiger partial charge in [-0.3, -0.25) is 4.90 Å². The molecule has 1 fully saturated rings. The molecule has 0 saturated heterocycles. The van der Waals surface area contributed by atoms with E-state index in [1.165, 1.54) is 38.6 Å². The maximum absolute atomic E-state index is 5.78. The van der Waals surface area contributed by atoms with Crippen molar-refractivity contribution in [1.29, 1.82) is 0 Å². The predicted octanol–water partition coefficient (Wildman–Crippen LogP) is 3.66. The third-order valence-electron chi connectivity index (χ3n) is 3.51. The monoisotopic (exact) mass is 217 g/mol. The fraction of sp³-hybridized carbons (Fsp3) is 1.00. The Morgan fingerprint density at radius 3 is 2.29 bits per heavy atom. The maximum Gasteiger partial charge on any atom is 0.0235 e. The first-order valence-corrected chi connectivity index (χ1v) is 6.68. The molecule has 1 aliphatic rings. The molecule has 0 spiro atoms. The molecule has 0 aromatic carbocycles. The van der Waals surface area contributed by atoms with Crippen molar-refractivity contribution in [3.8, 4) is 0 Å². The van der Waals surface area contributed by atoms with Crippen LogP contribution in [0, 0.1) is 0 Å². The molecule has 0 aliphatic heterocycles. The van der Waals surface area contributed by atoms with Gasteiger partial charge in [-0.1, -0.05) is 20.3 Å². The summed E-state index contributed by atoms with van der Waals surface area (Å²) in [4.78, 5) is 2.71. The Hall–Kier alpha value is 0.250. The highest BCUT2D eigenvalue weighted by Gasteiger charge is 2.28. The van der Waals surface area contributed by atoms with Gasteiger partial charge in [0.2, 0.25) is 0 Å². The lowest BCUT2D eigenvalue weighted by molar-refractivity contribution is 0.0749. The smallest absolute Gasteiger partial charge is 0.0235 e. The molecule has 0 unspecified atom stereocenters. The minimum Gasteiger partial charge on any atom is -0.297 e. The summed E-state index contributed by atoms with van der Waals surface area (Å²) in [6.07, 6.45) is 7.99. The number of rotatable bonds is 7. The van der Waals surface area contributed by atoms with Gasteiger partial charge in [-0.05, 0) is 38.6 Å². The third kappa shape index (κ3) is 3.13. The summed E-state index contributed by atoms with van der Waals surface area (Å²) in [7, 11) is 0. The molecular formula is C12H24ClN. The quantitative estimate of drug-likeness (QED) is 0.589. The van der Waals surface area contributed by atoms with E-state index < -0.39 is 0 Å². The lowest BCUT2D eigenvalue weighted by Gasteiger charge is -2.42. The number of halogens is 1. The molecule has 84 valence electrons. The molecular weight excluding hydrogens is 194 g/mol. The van der Waals surface area contributed by atoms with Crippen LogP contribution in [0.5, 0.6) is 0 Å². The summed E-state index contributed by atoms with van der Waals surface area (Å²) in [5.74, 6) is 0.809. The molecule has 0 radical (unpaired) electrons. The van der Waals surface area contributed by atoms with E-state index in [2.05, 4.69) is 18.7 Å². The molecule has 0 N–H and O–H groups in total. The first kappa shape index (κ1) is 12.3. The summed E-state index contributed by atoms with van der Waals surface area (Å²) in [6, 6.07) is 1.67. The second-order valence-electron chi connectivity index (χ2n) is 4.34. The van der Waals surface area contributed by atoms with Crippen LogP contribution >= 0.6 is 11.6 Å². The Bertz CT molecular complexity index is 141. The predicted molar refractivity (Wildman–Crippen MR) is 64.1 cm³/mol. The molecule has 0 atom stereocenters. The van der Waals surface area contributed by atoms with Gasteiger partial charge in [0.15, 0.2) is 0 Å². The molecule has 2 heteroatoms. The number of hydrogen-bond donors (Lipinski definition) is 0. The van der Waals surface area contributed by atoms with E-state index in [1.807, 2.05) is 0 Å². The van der Waals surface area contributed by atoms with Crippen LogP contribution < -0.4 is 0 Å². The zero-order valence-electron chi connectivity index (χ0n) is 9.64. The fourth-order valence-corrected chi connectivity index (χ4v) is 2.50. The van der Waals surface area contributed by atoms with Gasteiger partial charge in [-0.15, -0.1) is 11.6 Å². The number of nitrogens with zero attached hydrogens (tertiary/aromatic N) is 1. The van der Waals surface area contributed by atoms with Crippen molar-refractivity contribution < 1.29 is 0 Å². The van der Waals surface area contributed by atoms with Crippen molar-refractivity contribution in [2.24, 2.45) is 0 Å². The normalized spacial score (nSPS) is 17.8. The van der Waals surface area contributed by atoms with E-state index in [9.17, 15) is 0 Å². The van der Waals surface area contributed by atoms with Crippen LogP contribution in [0.2, 0.25) is 0 Å². The SMILES string of the molecule is CCC(CC)N(CCCCl)C1CCC1. The van der Waals surface area contributed by atoms with Gasteiger partial charge in [0.1, 0.15) is 0 Å².